The summed E-state index contributed by atoms with van der Waals surface area (Å²) in [7, 11) is 0.524. The van der Waals surface area contributed by atoms with Gasteiger partial charge in [-0.2, -0.15) is 0 Å². The minimum atomic E-state index is -3.95. The van der Waals surface area contributed by atoms with Crippen LogP contribution in [0.1, 0.15) is 11.1 Å². The van der Waals surface area contributed by atoms with Crippen molar-refractivity contribution in [3.05, 3.63) is 72.2 Å². The van der Waals surface area contributed by atoms with Crippen molar-refractivity contribution < 1.29 is 27.9 Å². The fourth-order valence-corrected chi connectivity index (χ4v) is 4.34. The Morgan fingerprint density at radius 1 is 1.06 bits per heavy atom. The van der Waals surface area contributed by atoms with E-state index in [0.29, 0.717) is 11.3 Å². The zero-order valence-corrected chi connectivity index (χ0v) is 21.1. The number of hydrogen-bond acceptors (Lipinski definition) is 8. The molecule has 0 radical (unpaired) electrons. The summed E-state index contributed by atoms with van der Waals surface area (Å²) in [6.45, 7) is 1.85. The van der Waals surface area contributed by atoms with Crippen molar-refractivity contribution in [3.63, 3.8) is 0 Å². The van der Waals surface area contributed by atoms with Crippen LogP contribution in [0.4, 0.5) is 16.3 Å². The largest absolute Gasteiger partial charge is 0.480 e. The molecule has 1 amide bonds. The molecular weight excluding hydrogens is 486 g/mol. The molecule has 12 heteroatoms. The first-order valence-corrected chi connectivity index (χ1v) is 12.3. The van der Waals surface area contributed by atoms with Crippen LogP contribution in [0.15, 0.2) is 66.0 Å². The molecule has 3 aromatic rings. The number of anilines is 2. The molecule has 2 aromatic carbocycles. The van der Waals surface area contributed by atoms with Crippen LogP contribution >= 0.6 is 0 Å². The molecule has 0 fully saturated rings. The molecule has 36 heavy (non-hydrogen) atoms. The molecule has 0 bridgehead atoms. The number of hydrogen-bond donors (Lipinski definition) is 2. The summed E-state index contributed by atoms with van der Waals surface area (Å²) in [5.74, 6) is -0.794. The number of carbonyl (C=O) groups excluding carboxylic acids is 1. The number of ether oxygens (including phenoxy) is 1. The van der Waals surface area contributed by atoms with Gasteiger partial charge in [0.05, 0.1) is 11.1 Å². The lowest BCUT2D eigenvalue weighted by atomic mass is 10.1. The summed E-state index contributed by atoms with van der Waals surface area (Å²) in [6.07, 6.45) is 2.02. The highest BCUT2D eigenvalue weighted by atomic mass is 32.2. The highest BCUT2D eigenvalue weighted by Gasteiger charge is 2.26. The fraction of sp³-hybridized carbons (Fsp3) is 0.250. The Hall–Kier alpha value is -4.19. The van der Waals surface area contributed by atoms with Crippen LogP contribution in [-0.2, 0) is 21.2 Å². The Balaban J connectivity index is 1.81. The lowest BCUT2D eigenvalue weighted by Crippen LogP contribution is -2.34. The minimum Gasteiger partial charge on any atom is -0.480 e. The maximum Gasteiger partial charge on any atom is 0.414 e. The Morgan fingerprint density at radius 2 is 1.69 bits per heavy atom. The zero-order valence-electron chi connectivity index (χ0n) is 20.2. The number of sulfonamides is 1. The normalized spacial score (nSPS) is 11.9. The standard InChI is InChI=1S/C24H27N5O6S/c1-16-5-11-19(12-6-16)36(33,34)29(4)21-14-25-15-26-22(21)27-20(23(30)31)13-17-7-9-18(10-8-17)35-24(32)28(2)3/h5-12,14-15,20H,13H2,1-4H3,(H,30,31)(H,25,26,27)/t20-/m0/s1. The van der Waals surface area contributed by atoms with Crippen LogP contribution in [0, 0.1) is 6.92 Å². The Kier molecular flexibility index (Phi) is 8.10. The van der Waals surface area contributed by atoms with Gasteiger partial charge in [0, 0.05) is 27.6 Å². The molecule has 2 N–H and O–H groups in total. The topological polar surface area (TPSA) is 142 Å². The number of nitrogens with zero attached hydrogens (tertiary/aromatic N) is 4. The molecule has 0 saturated heterocycles. The van der Waals surface area contributed by atoms with Crippen LogP contribution in [0.5, 0.6) is 5.75 Å². The first-order valence-electron chi connectivity index (χ1n) is 10.8. The van der Waals surface area contributed by atoms with Crippen molar-refractivity contribution >= 4 is 33.6 Å². The predicted octanol–water partition coefficient (Wildman–Crippen LogP) is 2.78. The van der Waals surface area contributed by atoms with Crippen molar-refractivity contribution in [1.82, 2.24) is 14.9 Å². The van der Waals surface area contributed by atoms with Crippen LogP contribution in [0.2, 0.25) is 0 Å². The van der Waals surface area contributed by atoms with E-state index in [9.17, 15) is 23.1 Å². The highest BCUT2D eigenvalue weighted by molar-refractivity contribution is 7.92. The molecule has 0 aliphatic carbocycles. The van der Waals surface area contributed by atoms with E-state index in [2.05, 4.69) is 15.3 Å². The van der Waals surface area contributed by atoms with Gasteiger partial charge in [-0.15, -0.1) is 0 Å². The average molecular weight is 514 g/mol. The van der Waals surface area contributed by atoms with Crippen molar-refractivity contribution in [2.75, 3.05) is 30.8 Å². The summed E-state index contributed by atoms with van der Waals surface area (Å²) in [5.41, 5.74) is 1.65. The molecule has 0 unspecified atom stereocenters. The molecule has 11 nitrogen and oxygen atoms in total. The summed E-state index contributed by atoms with van der Waals surface area (Å²) < 4.78 is 32.5. The van der Waals surface area contributed by atoms with Gasteiger partial charge in [0.2, 0.25) is 0 Å². The number of carboxylic acids is 1. The molecule has 1 atom stereocenters. The van der Waals surface area contributed by atoms with Crippen LogP contribution in [0.25, 0.3) is 0 Å². The molecule has 3 rings (SSSR count). The fourth-order valence-electron chi connectivity index (χ4n) is 3.15. The highest BCUT2D eigenvalue weighted by Crippen LogP contribution is 2.28. The third-order valence-corrected chi connectivity index (χ3v) is 7.04. The van der Waals surface area contributed by atoms with Crippen LogP contribution in [0.3, 0.4) is 0 Å². The first-order chi connectivity index (χ1) is 17.0. The molecule has 1 aromatic heterocycles. The van der Waals surface area contributed by atoms with E-state index in [0.717, 1.165) is 9.87 Å². The van der Waals surface area contributed by atoms with E-state index in [1.165, 1.54) is 36.6 Å². The minimum absolute atomic E-state index is 0.0483. The number of rotatable bonds is 9. The van der Waals surface area contributed by atoms with Gasteiger partial charge in [-0.05, 0) is 36.8 Å². The number of carboxylic acid groups (broad SMARTS) is 1. The third kappa shape index (κ3) is 6.27. The number of amides is 1. The van der Waals surface area contributed by atoms with Gasteiger partial charge in [-0.25, -0.2) is 28.0 Å². The Labute approximate surface area is 209 Å². The van der Waals surface area contributed by atoms with E-state index >= 15 is 0 Å². The van der Waals surface area contributed by atoms with E-state index < -0.39 is 28.1 Å². The lowest BCUT2D eigenvalue weighted by Gasteiger charge is -2.23. The van der Waals surface area contributed by atoms with E-state index in [1.54, 1.807) is 50.5 Å². The SMILES string of the molecule is Cc1ccc(S(=O)(=O)N(C)c2cncnc2N[C@@H](Cc2ccc(OC(=O)N(C)C)cc2)C(=O)O)cc1. The lowest BCUT2D eigenvalue weighted by molar-refractivity contribution is -0.137. The second-order valence-electron chi connectivity index (χ2n) is 8.19. The molecular formula is C24H27N5O6S. The molecule has 0 aliphatic heterocycles. The maximum atomic E-state index is 13.1. The molecule has 190 valence electrons. The van der Waals surface area contributed by atoms with Gasteiger partial charge < -0.3 is 20.1 Å². The van der Waals surface area contributed by atoms with Crippen molar-refractivity contribution in [2.24, 2.45) is 0 Å². The second-order valence-corrected chi connectivity index (χ2v) is 10.2. The number of nitrogens with one attached hydrogen (secondary N) is 1. The van der Waals surface area contributed by atoms with Crippen LogP contribution in [-0.4, -0.2) is 67.6 Å². The molecule has 0 aliphatic rings. The van der Waals surface area contributed by atoms with Gasteiger partial charge >= 0.3 is 12.1 Å². The van der Waals surface area contributed by atoms with Crippen molar-refractivity contribution in [3.8, 4) is 5.75 Å². The van der Waals surface area contributed by atoms with E-state index in [-0.39, 0.29) is 22.8 Å². The van der Waals surface area contributed by atoms with Gasteiger partial charge in [-0.1, -0.05) is 29.8 Å². The maximum absolute atomic E-state index is 13.1. The third-order valence-electron chi connectivity index (χ3n) is 5.25. The molecule has 0 saturated carbocycles. The average Bonchev–Trinajstić information content (AvgIpc) is 2.84. The summed E-state index contributed by atoms with van der Waals surface area (Å²) in [5, 5.41) is 12.6. The van der Waals surface area contributed by atoms with Gasteiger partial charge in [-0.3, -0.25) is 4.31 Å². The first kappa shape index (κ1) is 26.4. The smallest absolute Gasteiger partial charge is 0.414 e. The van der Waals surface area contributed by atoms with Crippen molar-refractivity contribution in [2.45, 2.75) is 24.3 Å². The Bertz CT molecular complexity index is 1330. The monoisotopic (exact) mass is 513 g/mol. The number of carbonyl (C=O) groups is 2. The van der Waals surface area contributed by atoms with Gasteiger partial charge in [0.15, 0.2) is 5.82 Å². The zero-order chi connectivity index (χ0) is 26.5. The van der Waals surface area contributed by atoms with Gasteiger partial charge in [0.1, 0.15) is 23.8 Å². The second kappa shape index (κ2) is 11.0. The van der Waals surface area contributed by atoms with E-state index in [1.807, 2.05) is 6.92 Å². The Morgan fingerprint density at radius 3 is 2.28 bits per heavy atom. The van der Waals surface area contributed by atoms with E-state index in [4.69, 9.17) is 4.74 Å². The summed E-state index contributed by atoms with van der Waals surface area (Å²) >= 11 is 0. The van der Waals surface area contributed by atoms with Gasteiger partial charge in [0.25, 0.3) is 10.0 Å². The quantitative estimate of drug-likeness (QED) is 0.442. The number of benzene rings is 2. The molecule has 0 spiro atoms. The predicted molar refractivity (Wildman–Crippen MR) is 134 cm³/mol. The number of aliphatic carboxylic acids is 1. The molecule has 1 heterocycles. The number of aromatic nitrogens is 2. The van der Waals surface area contributed by atoms with Crippen LogP contribution < -0.4 is 14.4 Å². The number of aryl methyl sites for hydroxylation is 1. The summed E-state index contributed by atoms with van der Waals surface area (Å²) in [6, 6.07) is 11.7. The summed E-state index contributed by atoms with van der Waals surface area (Å²) in [4.78, 5) is 33.1. The van der Waals surface area contributed by atoms with Crippen molar-refractivity contribution in [1.29, 1.82) is 0 Å².